The van der Waals surface area contributed by atoms with Gasteiger partial charge in [0.15, 0.2) is 5.78 Å². The Balaban J connectivity index is 1.89. The van der Waals surface area contributed by atoms with E-state index in [2.05, 4.69) is 11.4 Å². The zero-order chi connectivity index (χ0) is 22.8. The van der Waals surface area contributed by atoms with Gasteiger partial charge in [-0.25, -0.2) is 0 Å². The van der Waals surface area contributed by atoms with E-state index < -0.39 is 11.3 Å². The minimum atomic E-state index is -1.55. The zero-order valence-electron chi connectivity index (χ0n) is 17.7. The van der Waals surface area contributed by atoms with Gasteiger partial charge in [-0.1, -0.05) is 43.6 Å². The first-order chi connectivity index (χ1) is 15.2. The van der Waals surface area contributed by atoms with Gasteiger partial charge in [0.05, 0.1) is 5.57 Å². The van der Waals surface area contributed by atoms with Gasteiger partial charge in [-0.3, -0.25) is 14.5 Å². The third kappa shape index (κ3) is 2.58. The molecular weight excluding hydrogens is 424 g/mol. The largest absolute Gasteiger partial charge is 0.384 e. The Morgan fingerprint density at radius 3 is 2.47 bits per heavy atom. The molecule has 160 valence electrons. The maximum absolute atomic E-state index is 13.7. The minimum absolute atomic E-state index is 0.0571. The van der Waals surface area contributed by atoms with E-state index >= 15 is 0 Å². The topological polar surface area (TPSA) is 99.2 Å². The number of carbonyl (C=O) groups is 2. The Morgan fingerprint density at radius 2 is 1.78 bits per heavy atom. The molecule has 0 saturated carbocycles. The first kappa shape index (κ1) is 20.3. The summed E-state index contributed by atoms with van der Waals surface area (Å²) in [6, 6.07) is 16.4. The molecule has 2 aromatic rings. The Morgan fingerprint density at radius 1 is 1.09 bits per heavy atom. The number of hydrogen-bond donors (Lipinski definition) is 2. The SMILES string of the molecule is CC1(C)CC(=O)C2=C(C1)N(c1ccc(Cl)cc1)C(N)=C(C#N)[C@@]21C(=O)Nc2ccccc21. The number of nitriles is 1. The second-order valence-electron chi connectivity index (χ2n) is 9.20. The fourth-order valence-corrected chi connectivity index (χ4v) is 5.38. The molecule has 0 unspecified atom stereocenters. The molecule has 0 saturated heterocycles. The molecule has 0 radical (unpaired) electrons. The lowest BCUT2D eigenvalue weighted by Crippen LogP contribution is -2.52. The van der Waals surface area contributed by atoms with E-state index in [1.54, 1.807) is 53.4 Å². The lowest BCUT2D eigenvalue weighted by Gasteiger charge is -2.46. The number of hydrogen-bond acceptors (Lipinski definition) is 5. The molecule has 5 rings (SSSR count). The van der Waals surface area contributed by atoms with Crippen LogP contribution in [0.25, 0.3) is 0 Å². The minimum Gasteiger partial charge on any atom is -0.384 e. The monoisotopic (exact) mass is 444 g/mol. The highest BCUT2D eigenvalue weighted by molar-refractivity contribution is 6.30. The molecule has 2 heterocycles. The molecule has 1 atom stereocenters. The number of para-hydroxylation sites is 1. The van der Waals surface area contributed by atoms with Crippen LogP contribution in [-0.2, 0) is 15.0 Å². The van der Waals surface area contributed by atoms with Crippen LogP contribution < -0.4 is 16.0 Å². The van der Waals surface area contributed by atoms with Crippen molar-refractivity contribution in [1.82, 2.24) is 0 Å². The van der Waals surface area contributed by atoms with Crippen LogP contribution >= 0.6 is 11.6 Å². The van der Waals surface area contributed by atoms with E-state index in [1.165, 1.54) is 0 Å². The number of allylic oxidation sites excluding steroid dienone is 1. The van der Waals surface area contributed by atoms with Crippen molar-refractivity contribution in [2.75, 3.05) is 10.2 Å². The number of nitrogens with one attached hydrogen (secondary N) is 1. The summed E-state index contributed by atoms with van der Waals surface area (Å²) in [5.74, 6) is -0.428. The summed E-state index contributed by atoms with van der Waals surface area (Å²) in [4.78, 5) is 29.0. The van der Waals surface area contributed by atoms with Gasteiger partial charge in [-0.15, -0.1) is 0 Å². The van der Waals surface area contributed by atoms with Gasteiger partial charge < -0.3 is 11.1 Å². The van der Waals surface area contributed by atoms with Gasteiger partial charge in [0.2, 0.25) is 5.91 Å². The smallest absolute Gasteiger partial charge is 0.245 e. The summed E-state index contributed by atoms with van der Waals surface area (Å²) < 4.78 is 0. The van der Waals surface area contributed by atoms with E-state index in [-0.39, 0.29) is 29.0 Å². The summed E-state index contributed by atoms with van der Waals surface area (Å²) >= 11 is 6.09. The van der Waals surface area contributed by atoms with Crippen molar-refractivity contribution in [1.29, 1.82) is 5.26 Å². The summed E-state index contributed by atoms with van der Waals surface area (Å²) in [7, 11) is 0. The number of nitrogens with zero attached hydrogens (tertiary/aromatic N) is 2. The van der Waals surface area contributed by atoms with Crippen LogP contribution in [0.1, 0.15) is 32.3 Å². The molecule has 0 bridgehead atoms. The quantitative estimate of drug-likeness (QED) is 0.679. The van der Waals surface area contributed by atoms with Gasteiger partial charge in [-0.05, 0) is 42.2 Å². The number of halogens is 1. The molecular formula is C25H21ClN4O2. The Bertz CT molecular complexity index is 1300. The normalized spacial score (nSPS) is 23.8. The van der Waals surface area contributed by atoms with Crippen molar-refractivity contribution in [2.45, 2.75) is 32.1 Å². The Labute approximate surface area is 191 Å². The van der Waals surface area contributed by atoms with Gasteiger partial charge >= 0.3 is 0 Å². The van der Waals surface area contributed by atoms with E-state index in [4.69, 9.17) is 17.3 Å². The number of nitrogens with two attached hydrogens (primary N) is 1. The lowest BCUT2D eigenvalue weighted by molar-refractivity contribution is -0.123. The van der Waals surface area contributed by atoms with Crippen LogP contribution in [0.5, 0.6) is 0 Å². The van der Waals surface area contributed by atoms with Gasteiger partial charge in [0.1, 0.15) is 17.3 Å². The molecule has 2 aromatic carbocycles. The van der Waals surface area contributed by atoms with Crippen molar-refractivity contribution in [3.8, 4) is 6.07 Å². The van der Waals surface area contributed by atoms with Crippen molar-refractivity contribution in [3.05, 3.63) is 81.8 Å². The van der Waals surface area contributed by atoms with Crippen LogP contribution in [0.15, 0.2) is 71.2 Å². The predicted octanol–water partition coefficient (Wildman–Crippen LogP) is 4.39. The number of amides is 1. The zero-order valence-corrected chi connectivity index (χ0v) is 18.5. The second kappa shape index (κ2) is 6.72. The molecule has 1 amide bonds. The molecule has 3 N–H and O–H groups in total. The van der Waals surface area contributed by atoms with Gasteiger partial charge in [-0.2, -0.15) is 5.26 Å². The van der Waals surface area contributed by atoms with Crippen LogP contribution in [0.3, 0.4) is 0 Å². The van der Waals surface area contributed by atoms with E-state index in [9.17, 15) is 14.9 Å². The Kier molecular flexibility index (Phi) is 4.27. The van der Waals surface area contributed by atoms with Crippen LogP contribution in [0.2, 0.25) is 5.02 Å². The van der Waals surface area contributed by atoms with Gasteiger partial charge in [0, 0.05) is 39.7 Å². The molecule has 1 spiro atoms. The number of carbonyl (C=O) groups excluding carboxylic acids is 2. The van der Waals surface area contributed by atoms with Crippen molar-refractivity contribution in [3.63, 3.8) is 0 Å². The average molecular weight is 445 g/mol. The maximum Gasteiger partial charge on any atom is 0.245 e. The third-order valence-corrected chi connectivity index (χ3v) is 6.74. The molecule has 1 aliphatic carbocycles. The average Bonchev–Trinajstić information content (AvgIpc) is 3.01. The summed E-state index contributed by atoms with van der Waals surface area (Å²) in [5.41, 5.74) is 7.65. The molecule has 0 fully saturated rings. The number of rotatable bonds is 1. The van der Waals surface area contributed by atoms with Crippen LogP contribution in [0, 0.1) is 16.7 Å². The number of benzene rings is 2. The lowest BCUT2D eigenvalue weighted by atomic mass is 9.61. The summed E-state index contributed by atoms with van der Waals surface area (Å²) in [5, 5.41) is 13.7. The van der Waals surface area contributed by atoms with Crippen LogP contribution in [0.4, 0.5) is 11.4 Å². The number of ketones is 1. The van der Waals surface area contributed by atoms with E-state index in [0.717, 1.165) is 0 Å². The highest BCUT2D eigenvalue weighted by atomic mass is 35.5. The second-order valence-corrected chi connectivity index (χ2v) is 9.63. The highest BCUT2D eigenvalue weighted by Gasteiger charge is 2.61. The van der Waals surface area contributed by atoms with Gasteiger partial charge in [0.25, 0.3) is 0 Å². The fraction of sp³-hybridized carbons (Fsp3) is 0.240. The highest BCUT2D eigenvalue weighted by Crippen LogP contribution is 2.56. The fourth-order valence-electron chi connectivity index (χ4n) is 5.26. The molecule has 0 aromatic heterocycles. The molecule has 3 aliphatic rings. The standard InChI is InChI=1S/C25H21ClN4O2/c1-24(2)11-19-21(20(31)12-24)25(16-5-3-4-6-18(16)29-23(25)32)17(13-27)22(28)30(19)15-9-7-14(26)8-10-15/h3-10H,11-12,28H2,1-2H3,(H,29,32)/t25-/m1/s1. The maximum atomic E-state index is 13.7. The third-order valence-electron chi connectivity index (χ3n) is 6.49. The molecule has 2 aliphatic heterocycles. The number of Topliss-reactive ketones (excluding diaryl/α,β-unsaturated/α-hetero) is 1. The van der Waals surface area contributed by atoms with Crippen LogP contribution in [-0.4, -0.2) is 11.7 Å². The first-order valence-corrected chi connectivity index (χ1v) is 10.7. The van der Waals surface area contributed by atoms with Crippen molar-refractivity contribution < 1.29 is 9.59 Å². The first-order valence-electron chi connectivity index (χ1n) is 10.3. The van der Waals surface area contributed by atoms with E-state index in [0.29, 0.717) is 39.7 Å². The van der Waals surface area contributed by atoms with E-state index in [1.807, 2.05) is 13.8 Å². The van der Waals surface area contributed by atoms with Crippen molar-refractivity contribution >= 4 is 34.7 Å². The predicted molar refractivity (Wildman–Crippen MR) is 123 cm³/mol. The van der Waals surface area contributed by atoms with Crippen molar-refractivity contribution in [2.24, 2.45) is 11.1 Å². The molecule has 7 heteroatoms. The number of anilines is 2. The summed E-state index contributed by atoms with van der Waals surface area (Å²) in [6.45, 7) is 4.04. The number of fused-ring (bicyclic) bond motifs is 3. The summed E-state index contributed by atoms with van der Waals surface area (Å²) in [6.07, 6.45) is 0.795. The molecule has 6 nitrogen and oxygen atoms in total. The Hall–Kier alpha value is -3.56. The molecule has 32 heavy (non-hydrogen) atoms.